The SMILES string of the molecule is CC(NC(=O)c1cccc(C(=O)O)c1)c1cccc(Br)c1. The summed E-state index contributed by atoms with van der Waals surface area (Å²) in [6.45, 7) is 1.88. The summed E-state index contributed by atoms with van der Waals surface area (Å²) in [5, 5.41) is 11.8. The molecule has 0 aliphatic carbocycles. The summed E-state index contributed by atoms with van der Waals surface area (Å²) in [4.78, 5) is 23.1. The molecule has 1 amide bonds. The molecule has 1 atom stereocenters. The van der Waals surface area contributed by atoms with E-state index in [1.54, 1.807) is 12.1 Å². The van der Waals surface area contributed by atoms with Crippen molar-refractivity contribution >= 4 is 27.8 Å². The van der Waals surface area contributed by atoms with Gasteiger partial charge in [-0.25, -0.2) is 4.79 Å². The number of hydrogen-bond acceptors (Lipinski definition) is 2. The maximum absolute atomic E-state index is 12.2. The maximum Gasteiger partial charge on any atom is 0.335 e. The zero-order chi connectivity index (χ0) is 15.4. The molecule has 0 saturated heterocycles. The lowest BCUT2D eigenvalue weighted by Gasteiger charge is -2.15. The first-order valence-corrected chi connectivity index (χ1v) is 7.16. The van der Waals surface area contributed by atoms with E-state index in [0.29, 0.717) is 5.56 Å². The van der Waals surface area contributed by atoms with Gasteiger partial charge in [-0.2, -0.15) is 0 Å². The Hall–Kier alpha value is -2.14. The molecule has 2 rings (SSSR count). The Bertz CT molecular complexity index is 685. The van der Waals surface area contributed by atoms with Crippen LogP contribution in [0.4, 0.5) is 0 Å². The predicted octanol–water partition coefficient (Wildman–Crippen LogP) is 3.64. The van der Waals surface area contributed by atoms with Gasteiger partial charge in [0.15, 0.2) is 0 Å². The van der Waals surface area contributed by atoms with Gasteiger partial charge in [-0.15, -0.1) is 0 Å². The van der Waals surface area contributed by atoms with Crippen LogP contribution >= 0.6 is 15.9 Å². The quantitative estimate of drug-likeness (QED) is 0.887. The van der Waals surface area contributed by atoms with E-state index in [1.807, 2.05) is 31.2 Å². The van der Waals surface area contributed by atoms with Gasteiger partial charge in [-0.1, -0.05) is 34.1 Å². The standard InChI is InChI=1S/C16H14BrNO3/c1-10(11-4-3-7-14(17)9-11)18-15(19)12-5-2-6-13(8-12)16(20)21/h2-10H,1H3,(H,18,19)(H,20,21). The van der Waals surface area contributed by atoms with E-state index in [0.717, 1.165) is 10.0 Å². The number of carboxylic acids is 1. The molecule has 0 bridgehead atoms. The summed E-state index contributed by atoms with van der Waals surface area (Å²) < 4.78 is 0.939. The smallest absolute Gasteiger partial charge is 0.335 e. The topological polar surface area (TPSA) is 66.4 Å². The fourth-order valence-corrected chi connectivity index (χ4v) is 2.35. The molecule has 0 radical (unpaired) electrons. The van der Waals surface area contributed by atoms with Crippen molar-refractivity contribution in [1.29, 1.82) is 0 Å². The lowest BCUT2D eigenvalue weighted by Crippen LogP contribution is -2.26. The number of amides is 1. The molecule has 2 aromatic rings. The summed E-state index contributed by atoms with van der Waals surface area (Å²) in [6, 6.07) is 13.5. The van der Waals surface area contributed by atoms with Crippen LogP contribution in [0.25, 0.3) is 0 Å². The van der Waals surface area contributed by atoms with E-state index in [1.165, 1.54) is 12.1 Å². The third-order valence-electron chi connectivity index (χ3n) is 3.07. The fourth-order valence-electron chi connectivity index (χ4n) is 1.93. The van der Waals surface area contributed by atoms with Gasteiger partial charge in [-0.05, 0) is 42.8 Å². The lowest BCUT2D eigenvalue weighted by atomic mass is 10.1. The van der Waals surface area contributed by atoms with Gasteiger partial charge in [0.25, 0.3) is 5.91 Å². The summed E-state index contributed by atoms with van der Waals surface area (Å²) in [5.74, 6) is -1.35. The van der Waals surface area contributed by atoms with Crippen molar-refractivity contribution in [3.63, 3.8) is 0 Å². The molecule has 5 heteroatoms. The molecule has 2 aromatic carbocycles. The van der Waals surface area contributed by atoms with Crippen molar-refractivity contribution in [1.82, 2.24) is 5.32 Å². The monoisotopic (exact) mass is 347 g/mol. The molecule has 4 nitrogen and oxygen atoms in total. The molecule has 0 spiro atoms. The van der Waals surface area contributed by atoms with E-state index in [2.05, 4.69) is 21.2 Å². The van der Waals surface area contributed by atoms with Crippen LogP contribution in [-0.4, -0.2) is 17.0 Å². The van der Waals surface area contributed by atoms with Crippen LogP contribution in [0.2, 0.25) is 0 Å². The Kier molecular flexibility index (Phi) is 4.75. The Labute approximate surface area is 130 Å². The summed E-state index contributed by atoms with van der Waals surface area (Å²) >= 11 is 3.39. The lowest BCUT2D eigenvalue weighted by molar-refractivity contribution is 0.0697. The molecule has 21 heavy (non-hydrogen) atoms. The van der Waals surface area contributed by atoms with Crippen LogP contribution in [0.3, 0.4) is 0 Å². The number of carbonyl (C=O) groups excluding carboxylic acids is 1. The molecule has 0 aliphatic rings. The van der Waals surface area contributed by atoms with E-state index in [4.69, 9.17) is 5.11 Å². The van der Waals surface area contributed by atoms with Crippen LogP contribution in [0, 0.1) is 0 Å². The van der Waals surface area contributed by atoms with E-state index in [-0.39, 0.29) is 17.5 Å². The molecule has 0 saturated carbocycles. The fraction of sp³-hybridized carbons (Fsp3) is 0.125. The highest BCUT2D eigenvalue weighted by molar-refractivity contribution is 9.10. The van der Waals surface area contributed by atoms with Gasteiger partial charge >= 0.3 is 5.97 Å². The molecule has 0 fully saturated rings. The van der Waals surface area contributed by atoms with Crippen LogP contribution < -0.4 is 5.32 Å². The third kappa shape index (κ3) is 3.92. The number of aromatic carboxylic acids is 1. The van der Waals surface area contributed by atoms with Crippen LogP contribution in [-0.2, 0) is 0 Å². The molecule has 108 valence electrons. The van der Waals surface area contributed by atoms with Crippen molar-refractivity contribution in [2.75, 3.05) is 0 Å². The summed E-state index contributed by atoms with van der Waals surface area (Å²) in [6.07, 6.45) is 0. The number of carboxylic acid groups (broad SMARTS) is 1. The van der Waals surface area contributed by atoms with Gasteiger partial charge in [0.2, 0.25) is 0 Å². The third-order valence-corrected chi connectivity index (χ3v) is 3.56. The van der Waals surface area contributed by atoms with Gasteiger partial charge in [0, 0.05) is 10.0 Å². The number of benzene rings is 2. The number of nitrogens with one attached hydrogen (secondary N) is 1. The second-order valence-corrected chi connectivity index (χ2v) is 5.55. The second-order valence-electron chi connectivity index (χ2n) is 4.64. The number of carbonyl (C=O) groups is 2. The normalized spacial score (nSPS) is 11.7. The maximum atomic E-state index is 12.2. The average molecular weight is 348 g/mol. The minimum absolute atomic E-state index is 0.0951. The molecule has 2 N–H and O–H groups in total. The minimum atomic E-state index is -1.05. The van der Waals surface area contributed by atoms with E-state index >= 15 is 0 Å². The molecule has 1 unspecified atom stereocenters. The highest BCUT2D eigenvalue weighted by Gasteiger charge is 2.13. The molecule has 0 heterocycles. The summed E-state index contributed by atoms with van der Waals surface area (Å²) in [7, 11) is 0. The van der Waals surface area contributed by atoms with Crippen LogP contribution in [0.5, 0.6) is 0 Å². The van der Waals surface area contributed by atoms with Crippen molar-refractivity contribution in [3.8, 4) is 0 Å². The first-order valence-electron chi connectivity index (χ1n) is 6.37. The van der Waals surface area contributed by atoms with E-state index in [9.17, 15) is 9.59 Å². The van der Waals surface area contributed by atoms with Gasteiger partial charge < -0.3 is 10.4 Å². The highest BCUT2D eigenvalue weighted by Crippen LogP contribution is 2.18. The Balaban J connectivity index is 2.14. The first kappa shape index (κ1) is 15.3. The zero-order valence-corrected chi connectivity index (χ0v) is 12.9. The number of halogens is 1. The van der Waals surface area contributed by atoms with Crippen LogP contribution in [0.15, 0.2) is 53.0 Å². The van der Waals surface area contributed by atoms with E-state index < -0.39 is 5.97 Å². The largest absolute Gasteiger partial charge is 0.478 e. The van der Waals surface area contributed by atoms with Crippen molar-refractivity contribution in [2.24, 2.45) is 0 Å². The van der Waals surface area contributed by atoms with Gasteiger partial charge in [0.1, 0.15) is 0 Å². The van der Waals surface area contributed by atoms with Crippen LogP contribution in [0.1, 0.15) is 39.2 Å². The van der Waals surface area contributed by atoms with Crippen molar-refractivity contribution in [2.45, 2.75) is 13.0 Å². The van der Waals surface area contributed by atoms with Gasteiger partial charge in [0.05, 0.1) is 11.6 Å². The number of hydrogen-bond donors (Lipinski definition) is 2. The Morgan fingerprint density at radius 2 is 1.76 bits per heavy atom. The van der Waals surface area contributed by atoms with Crippen molar-refractivity contribution in [3.05, 3.63) is 69.7 Å². The number of rotatable bonds is 4. The summed E-state index contributed by atoms with van der Waals surface area (Å²) in [5.41, 5.74) is 1.39. The second kappa shape index (κ2) is 6.54. The molecule has 0 aliphatic heterocycles. The predicted molar refractivity (Wildman–Crippen MR) is 83.4 cm³/mol. The highest BCUT2D eigenvalue weighted by atomic mass is 79.9. The van der Waals surface area contributed by atoms with Gasteiger partial charge in [-0.3, -0.25) is 4.79 Å². The minimum Gasteiger partial charge on any atom is -0.478 e. The Morgan fingerprint density at radius 1 is 1.10 bits per heavy atom. The molecule has 0 aromatic heterocycles. The molecular formula is C16H14BrNO3. The Morgan fingerprint density at radius 3 is 2.43 bits per heavy atom. The first-order chi connectivity index (χ1) is 9.97. The molecular weight excluding hydrogens is 334 g/mol. The zero-order valence-electron chi connectivity index (χ0n) is 11.3. The average Bonchev–Trinajstić information content (AvgIpc) is 2.47. The van der Waals surface area contributed by atoms with Crippen molar-refractivity contribution < 1.29 is 14.7 Å².